The highest BCUT2D eigenvalue weighted by Crippen LogP contribution is 2.57. The molecule has 0 amide bonds. The van der Waals surface area contributed by atoms with E-state index in [9.17, 15) is 0 Å². The van der Waals surface area contributed by atoms with Gasteiger partial charge < -0.3 is 4.74 Å². The van der Waals surface area contributed by atoms with E-state index in [4.69, 9.17) is 4.74 Å². The molecule has 3 aliphatic rings. The van der Waals surface area contributed by atoms with Crippen LogP contribution in [0.4, 0.5) is 0 Å². The lowest BCUT2D eigenvalue weighted by Gasteiger charge is -2.38. The molecule has 2 aliphatic carbocycles. The normalized spacial score (nSPS) is 47.9. The first kappa shape index (κ1) is 15.2. The lowest BCUT2D eigenvalue weighted by molar-refractivity contribution is 0.0116. The van der Waals surface area contributed by atoms with Crippen molar-refractivity contribution in [3.8, 4) is 0 Å². The average Bonchev–Trinajstić information content (AvgIpc) is 2.82. The number of hydrogen-bond donors (Lipinski definition) is 0. The molecule has 1 nitrogen and oxygen atoms in total. The fourth-order valence-electron chi connectivity index (χ4n) is 4.79. The van der Waals surface area contributed by atoms with Crippen LogP contribution in [-0.4, -0.2) is 23.2 Å². The maximum Gasteiger partial charge on any atom is 0.0585 e. The quantitative estimate of drug-likeness (QED) is 0.664. The van der Waals surface area contributed by atoms with Gasteiger partial charge in [-0.2, -0.15) is 11.8 Å². The van der Waals surface area contributed by atoms with Crippen LogP contribution in [0.15, 0.2) is 0 Å². The van der Waals surface area contributed by atoms with E-state index in [-0.39, 0.29) is 0 Å². The summed E-state index contributed by atoms with van der Waals surface area (Å²) in [7, 11) is 0. The number of thioether (sulfide) groups is 1. The summed E-state index contributed by atoms with van der Waals surface area (Å²) in [5.74, 6) is 3.93. The largest absolute Gasteiger partial charge is 0.378 e. The molecule has 3 rings (SSSR count). The standard InChI is InChI=1S/C18H32OS/c1-4-5-10-19-14-7-9-15-16-8-6-12(2)13(3)18(16)20-17(15)11-14/h12-18H,4-11H2,1-3H3. The van der Waals surface area contributed by atoms with Crippen molar-refractivity contribution in [2.75, 3.05) is 6.61 Å². The van der Waals surface area contributed by atoms with E-state index < -0.39 is 0 Å². The summed E-state index contributed by atoms with van der Waals surface area (Å²) in [4.78, 5) is 0. The lowest BCUT2D eigenvalue weighted by atomic mass is 9.67. The fraction of sp³-hybridized carbons (Fsp3) is 1.00. The highest BCUT2D eigenvalue weighted by Gasteiger charge is 2.50. The summed E-state index contributed by atoms with van der Waals surface area (Å²) in [6.45, 7) is 8.23. The Balaban J connectivity index is 1.57. The molecule has 0 spiro atoms. The van der Waals surface area contributed by atoms with Gasteiger partial charge in [-0.15, -0.1) is 0 Å². The summed E-state index contributed by atoms with van der Waals surface area (Å²) in [6.07, 6.45) is 10.2. The Morgan fingerprint density at radius 2 is 1.85 bits per heavy atom. The van der Waals surface area contributed by atoms with Crippen molar-refractivity contribution in [2.45, 2.75) is 82.3 Å². The number of rotatable bonds is 4. The molecule has 3 fully saturated rings. The molecule has 20 heavy (non-hydrogen) atoms. The topological polar surface area (TPSA) is 9.23 Å². The minimum absolute atomic E-state index is 0.572. The van der Waals surface area contributed by atoms with E-state index in [1.54, 1.807) is 0 Å². The van der Waals surface area contributed by atoms with E-state index in [0.29, 0.717) is 6.10 Å². The molecule has 2 saturated carbocycles. The number of unbranched alkanes of at least 4 members (excludes halogenated alkanes) is 1. The van der Waals surface area contributed by atoms with Crippen LogP contribution in [0.2, 0.25) is 0 Å². The molecule has 0 N–H and O–H groups in total. The molecule has 0 aromatic carbocycles. The number of hydrogen-bond acceptors (Lipinski definition) is 2. The zero-order valence-corrected chi connectivity index (χ0v) is 14.3. The first-order chi connectivity index (χ1) is 9.70. The summed E-state index contributed by atoms with van der Waals surface area (Å²) < 4.78 is 6.12. The van der Waals surface area contributed by atoms with E-state index in [0.717, 1.165) is 40.8 Å². The van der Waals surface area contributed by atoms with Crippen LogP contribution in [0, 0.1) is 23.7 Å². The zero-order valence-electron chi connectivity index (χ0n) is 13.5. The van der Waals surface area contributed by atoms with Crippen molar-refractivity contribution < 1.29 is 4.74 Å². The van der Waals surface area contributed by atoms with Gasteiger partial charge in [-0.05, 0) is 55.8 Å². The highest BCUT2D eigenvalue weighted by molar-refractivity contribution is 8.00. The first-order valence-electron chi connectivity index (χ1n) is 8.97. The van der Waals surface area contributed by atoms with Gasteiger partial charge in [-0.1, -0.05) is 33.6 Å². The SMILES string of the molecule is CCCCOC1CCC2C(C1)SC1C(C)C(C)CCC21. The van der Waals surface area contributed by atoms with Gasteiger partial charge in [-0.3, -0.25) is 0 Å². The minimum Gasteiger partial charge on any atom is -0.378 e. The third-order valence-electron chi connectivity index (χ3n) is 6.32. The van der Waals surface area contributed by atoms with Crippen LogP contribution in [0.1, 0.15) is 65.7 Å². The molecule has 7 atom stereocenters. The van der Waals surface area contributed by atoms with Crippen molar-refractivity contribution >= 4 is 11.8 Å². The summed E-state index contributed by atoms with van der Waals surface area (Å²) in [5.41, 5.74) is 0. The van der Waals surface area contributed by atoms with Crippen LogP contribution >= 0.6 is 11.8 Å². The zero-order chi connectivity index (χ0) is 14.1. The smallest absolute Gasteiger partial charge is 0.0585 e. The highest BCUT2D eigenvalue weighted by atomic mass is 32.2. The van der Waals surface area contributed by atoms with Crippen molar-refractivity contribution in [3.63, 3.8) is 0 Å². The summed E-state index contributed by atoms with van der Waals surface area (Å²) in [6, 6.07) is 0. The van der Waals surface area contributed by atoms with Gasteiger partial charge in [0.15, 0.2) is 0 Å². The minimum atomic E-state index is 0.572. The van der Waals surface area contributed by atoms with E-state index in [1.165, 1.54) is 44.9 Å². The molecule has 1 heterocycles. The molecule has 116 valence electrons. The van der Waals surface area contributed by atoms with Gasteiger partial charge in [0.1, 0.15) is 0 Å². The maximum absolute atomic E-state index is 6.12. The Hall–Kier alpha value is 0.310. The second kappa shape index (κ2) is 6.60. The molecular formula is C18H32OS. The molecule has 1 aliphatic heterocycles. The lowest BCUT2D eigenvalue weighted by Crippen LogP contribution is -2.36. The molecule has 0 bridgehead atoms. The predicted octanol–water partition coefficient (Wildman–Crippen LogP) is 5.14. The Kier molecular flexibility index (Phi) is 5.02. The Labute approximate surface area is 129 Å². The molecule has 7 unspecified atom stereocenters. The van der Waals surface area contributed by atoms with Crippen molar-refractivity contribution in [3.05, 3.63) is 0 Å². The van der Waals surface area contributed by atoms with Gasteiger partial charge in [0.05, 0.1) is 6.10 Å². The monoisotopic (exact) mass is 296 g/mol. The summed E-state index contributed by atoms with van der Waals surface area (Å²) in [5, 5.41) is 1.88. The third-order valence-corrected chi connectivity index (χ3v) is 8.31. The molecule has 2 heteroatoms. The maximum atomic E-state index is 6.12. The van der Waals surface area contributed by atoms with E-state index >= 15 is 0 Å². The van der Waals surface area contributed by atoms with Crippen molar-refractivity contribution in [2.24, 2.45) is 23.7 Å². The Morgan fingerprint density at radius 3 is 2.65 bits per heavy atom. The predicted molar refractivity (Wildman–Crippen MR) is 88.2 cm³/mol. The Bertz CT molecular complexity index is 319. The fourth-order valence-corrected chi connectivity index (χ4v) is 7.11. The van der Waals surface area contributed by atoms with Gasteiger partial charge >= 0.3 is 0 Å². The third kappa shape index (κ3) is 2.92. The van der Waals surface area contributed by atoms with Crippen LogP contribution in [0.3, 0.4) is 0 Å². The number of fused-ring (bicyclic) bond motifs is 3. The van der Waals surface area contributed by atoms with E-state index in [1.807, 2.05) is 0 Å². The van der Waals surface area contributed by atoms with Crippen LogP contribution in [0.5, 0.6) is 0 Å². The summed E-state index contributed by atoms with van der Waals surface area (Å²) >= 11 is 2.35. The van der Waals surface area contributed by atoms with Crippen LogP contribution < -0.4 is 0 Å². The van der Waals surface area contributed by atoms with Gasteiger partial charge in [0.25, 0.3) is 0 Å². The Morgan fingerprint density at radius 1 is 1.05 bits per heavy atom. The van der Waals surface area contributed by atoms with Crippen LogP contribution in [0.25, 0.3) is 0 Å². The first-order valence-corrected chi connectivity index (χ1v) is 9.92. The van der Waals surface area contributed by atoms with Crippen LogP contribution in [-0.2, 0) is 4.74 Å². The molecule has 0 aromatic rings. The van der Waals surface area contributed by atoms with Crippen molar-refractivity contribution in [1.82, 2.24) is 0 Å². The van der Waals surface area contributed by atoms with Gasteiger partial charge in [0.2, 0.25) is 0 Å². The van der Waals surface area contributed by atoms with Gasteiger partial charge in [-0.25, -0.2) is 0 Å². The van der Waals surface area contributed by atoms with E-state index in [2.05, 4.69) is 32.5 Å². The molecule has 1 saturated heterocycles. The molecular weight excluding hydrogens is 264 g/mol. The number of ether oxygens (including phenoxy) is 1. The average molecular weight is 297 g/mol. The molecule has 0 aromatic heterocycles. The second-order valence-corrected chi connectivity index (χ2v) is 8.96. The van der Waals surface area contributed by atoms with Gasteiger partial charge in [0, 0.05) is 17.1 Å². The molecule has 0 radical (unpaired) electrons. The van der Waals surface area contributed by atoms with Crippen molar-refractivity contribution in [1.29, 1.82) is 0 Å². The second-order valence-electron chi connectivity index (χ2n) is 7.54.